The van der Waals surface area contributed by atoms with Gasteiger partial charge in [0.15, 0.2) is 5.79 Å². The fourth-order valence-corrected chi connectivity index (χ4v) is 3.01. The molecule has 6 nitrogen and oxygen atoms in total. The number of rotatable bonds is 4. The molecule has 2 aromatic rings. The average Bonchev–Trinajstić information content (AvgIpc) is 3.01. The molecule has 0 spiro atoms. The summed E-state index contributed by atoms with van der Waals surface area (Å²) in [6.07, 6.45) is 5.56. The Bertz CT molecular complexity index is 720. The summed E-state index contributed by atoms with van der Waals surface area (Å²) in [5, 5.41) is 20.6. The van der Waals surface area contributed by atoms with Gasteiger partial charge in [-0.15, -0.1) is 0 Å². The van der Waals surface area contributed by atoms with Gasteiger partial charge in [-0.25, -0.2) is 9.97 Å². The molecule has 0 fully saturated rings. The number of hydrogen-bond donors (Lipinski definition) is 2. The highest BCUT2D eigenvalue weighted by atomic mass is 35.5. The smallest absolute Gasteiger partial charge is 0.160 e. The summed E-state index contributed by atoms with van der Waals surface area (Å²) < 4.78 is 7.60. The molecule has 2 aromatic heterocycles. The number of allylic oxidation sites excluding steroid dienone is 1. The zero-order valence-corrected chi connectivity index (χ0v) is 13.2. The Hall–Kier alpha value is -1.47. The molecule has 0 amide bonds. The minimum absolute atomic E-state index is 0.0158. The van der Waals surface area contributed by atoms with E-state index in [0.29, 0.717) is 11.6 Å². The lowest BCUT2D eigenvalue weighted by molar-refractivity contribution is -0.198. The molecule has 2 N–H and O–H groups in total. The zero-order chi connectivity index (χ0) is 15.9. The van der Waals surface area contributed by atoms with E-state index in [4.69, 9.17) is 16.3 Å². The Morgan fingerprint density at radius 3 is 2.91 bits per heavy atom. The third-order valence-electron chi connectivity index (χ3n) is 3.71. The van der Waals surface area contributed by atoms with Crippen molar-refractivity contribution < 1.29 is 14.9 Å². The highest BCUT2D eigenvalue weighted by molar-refractivity contribution is 6.33. The Labute approximate surface area is 133 Å². The predicted octanol–water partition coefficient (Wildman–Crippen LogP) is 2.06. The van der Waals surface area contributed by atoms with Gasteiger partial charge >= 0.3 is 0 Å². The Morgan fingerprint density at radius 1 is 1.45 bits per heavy atom. The second-order valence-corrected chi connectivity index (χ2v) is 6.24. The molecule has 22 heavy (non-hydrogen) atoms. The summed E-state index contributed by atoms with van der Waals surface area (Å²) in [6, 6.07) is 1.85. The second kappa shape index (κ2) is 5.62. The maximum absolute atomic E-state index is 9.84. The Morgan fingerprint density at radius 2 is 2.23 bits per heavy atom. The minimum Gasteiger partial charge on any atom is -0.392 e. The molecule has 2 atom stereocenters. The van der Waals surface area contributed by atoms with Gasteiger partial charge in [0, 0.05) is 12.6 Å². The van der Waals surface area contributed by atoms with Gasteiger partial charge in [-0.05, 0) is 25.5 Å². The lowest BCUT2D eigenvalue weighted by Gasteiger charge is -2.25. The first-order chi connectivity index (χ1) is 10.4. The van der Waals surface area contributed by atoms with E-state index in [-0.39, 0.29) is 18.8 Å². The van der Waals surface area contributed by atoms with Crippen LogP contribution in [-0.2, 0) is 4.74 Å². The summed E-state index contributed by atoms with van der Waals surface area (Å²) in [5.74, 6) is -1.25. The van der Waals surface area contributed by atoms with E-state index < -0.39 is 5.79 Å². The van der Waals surface area contributed by atoms with Crippen LogP contribution in [0.15, 0.2) is 30.2 Å². The lowest BCUT2D eigenvalue weighted by Crippen LogP contribution is -2.31. The number of aliphatic hydroxyl groups is 2. The molecule has 1 aliphatic carbocycles. The minimum atomic E-state index is -1.25. The Balaban J connectivity index is 1.92. The van der Waals surface area contributed by atoms with Crippen molar-refractivity contribution in [1.82, 2.24) is 14.5 Å². The van der Waals surface area contributed by atoms with E-state index in [1.807, 2.05) is 22.9 Å². The molecule has 3 rings (SSSR count). The fraction of sp³-hybridized carbons (Fsp3) is 0.467. The van der Waals surface area contributed by atoms with E-state index in [9.17, 15) is 10.2 Å². The zero-order valence-electron chi connectivity index (χ0n) is 12.4. The van der Waals surface area contributed by atoms with Gasteiger partial charge in [-0.1, -0.05) is 17.7 Å². The summed E-state index contributed by atoms with van der Waals surface area (Å²) in [6.45, 7) is 3.05. The number of nitrogens with zero attached hydrogens (tertiary/aromatic N) is 3. The van der Waals surface area contributed by atoms with Crippen molar-refractivity contribution in [2.24, 2.45) is 0 Å². The fourth-order valence-electron chi connectivity index (χ4n) is 2.82. The number of aromatic nitrogens is 3. The quantitative estimate of drug-likeness (QED) is 0.511. The average molecular weight is 324 g/mol. The first-order valence-corrected chi connectivity index (χ1v) is 7.45. The third-order valence-corrected chi connectivity index (χ3v) is 4.01. The molecule has 0 radical (unpaired) electrons. The van der Waals surface area contributed by atoms with Crippen LogP contribution < -0.4 is 0 Å². The van der Waals surface area contributed by atoms with Crippen molar-refractivity contribution in [2.45, 2.75) is 38.2 Å². The van der Waals surface area contributed by atoms with Gasteiger partial charge in [-0.2, -0.15) is 0 Å². The molecule has 0 saturated heterocycles. The first-order valence-electron chi connectivity index (χ1n) is 7.08. The molecule has 2 heterocycles. The molecule has 2 unspecified atom stereocenters. The van der Waals surface area contributed by atoms with Crippen molar-refractivity contribution in [3.63, 3.8) is 0 Å². The van der Waals surface area contributed by atoms with Gasteiger partial charge < -0.3 is 19.5 Å². The predicted molar refractivity (Wildman–Crippen MR) is 82.5 cm³/mol. The molecule has 0 saturated carbocycles. The second-order valence-electron chi connectivity index (χ2n) is 5.88. The maximum Gasteiger partial charge on any atom is 0.160 e. The van der Waals surface area contributed by atoms with Crippen molar-refractivity contribution in [2.75, 3.05) is 6.61 Å². The van der Waals surface area contributed by atoms with E-state index in [1.54, 1.807) is 13.8 Å². The molecular formula is C15H18ClN3O3. The van der Waals surface area contributed by atoms with Crippen LogP contribution in [0.1, 0.15) is 26.3 Å². The summed E-state index contributed by atoms with van der Waals surface area (Å²) in [5.41, 5.74) is 1.50. The standard InChI is InChI=1S/C15H18ClN3O3/c1-15(2,21)22-12-6-10(5-9(12)7-20)19-4-3-11-13(16)17-8-18-14(11)19/h3-5,8,10,12,20-21H,6-7H2,1-2H3. The molecule has 0 aliphatic heterocycles. The van der Waals surface area contributed by atoms with E-state index >= 15 is 0 Å². The van der Waals surface area contributed by atoms with E-state index in [2.05, 4.69) is 9.97 Å². The third kappa shape index (κ3) is 2.87. The van der Waals surface area contributed by atoms with Crippen LogP contribution in [0.5, 0.6) is 0 Å². The summed E-state index contributed by atoms with van der Waals surface area (Å²) in [7, 11) is 0. The van der Waals surface area contributed by atoms with Crippen LogP contribution in [0.4, 0.5) is 0 Å². The summed E-state index contributed by atoms with van der Waals surface area (Å²) >= 11 is 6.07. The van der Waals surface area contributed by atoms with Crippen molar-refractivity contribution in [1.29, 1.82) is 0 Å². The van der Waals surface area contributed by atoms with Gasteiger partial charge in [0.2, 0.25) is 0 Å². The highest BCUT2D eigenvalue weighted by Gasteiger charge is 2.32. The first kappa shape index (κ1) is 15.4. The van der Waals surface area contributed by atoms with Crippen LogP contribution in [0.3, 0.4) is 0 Å². The van der Waals surface area contributed by atoms with E-state index in [1.165, 1.54) is 6.33 Å². The van der Waals surface area contributed by atoms with Crippen molar-refractivity contribution >= 4 is 22.6 Å². The van der Waals surface area contributed by atoms with Crippen LogP contribution in [0, 0.1) is 0 Å². The SMILES string of the molecule is CC(C)(O)OC1CC(n2ccc3c(Cl)ncnc32)C=C1CO. The number of fused-ring (bicyclic) bond motifs is 1. The number of halogens is 1. The number of hydrogen-bond acceptors (Lipinski definition) is 5. The highest BCUT2D eigenvalue weighted by Crippen LogP contribution is 2.35. The van der Waals surface area contributed by atoms with Crippen LogP contribution in [0.25, 0.3) is 11.0 Å². The van der Waals surface area contributed by atoms with Crippen LogP contribution >= 0.6 is 11.6 Å². The van der Waals surface area contributed by atoms with Gasteiger partial charge in [0.25, 0.3) is 0 Å². The molecule has 7 heteroatoms. The summed E-state index contributed by atoms with van der Waals surface area (Å²) in [4.78, 5) is 8.25. The molecule has 1 aliphatic rings. The topological polar surface area (TPSA) is 80.4 Å². The van der Waals surface area contributed by atoms with Crippen molar-refractivity contribution in [3.05, 3.63) is 35.4 Å². The number of aliphatic hydroxyl groups excluding tert-OH is 1. The monoisotopic (exact) mass is 323 g/mol. The van der Waals surface area contributed by atoms with Gasteiger partial charge in [-0.3, -0.25) is 0 Å². The van der Waals surface area contributed by atoms with Crippen LogP contribution in [0.2, 0.25) is 5.15 Å². The number of ether oxygens (including phenoxy) is 1. The largest absolute Gasteiger partial charge is 0.392 e. The molecule has 0 bridgehead atoms. The maximum atomic E-state index is 9.84. The molecule has 118 valence electrons. The normalized spacial score (nSPS) is 22.3. The van der Waals surface area contributed by atoms with Gasteiger partial charge in [0.05, 0.1) is 24.1 Å². The Kier molecular flexibility index (Phi) is 3.94. The lowest BCUT2D eigenvalue weighted by atomic mass is 10.2. The van der Waals surface area contributed by atoms with Gasteiger partial charge in [0.1, 0.15) is 17.1 Å². The van der Waals surface area contributed by atoms with Crippen LogP contribution in [-0.4, -0.2) is 43.2 Å². The molecule has 0 aromatic carbocycles. The molecular weight excluding hydrogens is 306 g/mol. The van der Waals surface area contributed by atoms with Crippen molar-refractivity contribution in [3.8, 4) is 0 Å². The van der Waals surface area contributed by atoms with E-state index in [0.717, 1.165) is 16.6 Å².